The minimum absolute atomic E-state index is 0.290. The van der Waals surface area contributed by atoms with Gasteiger partial charge in [-0.25, -0.2) is 4.79 Å². The normalized spacial score (nSPS) is 18.2. The standard InChI is InChI=1S/C20H21NO4/c1-4-20(14-8-6-5-7-9-14)12-25-17-15(18(22)21-2)10-13(11-16(17)20)19(23)24-3/h5-11H,4,12H2,1-3H3,(H,21,22)/t20-/m1/s1. The molecule has 25 heavy (non-hydrogen) atoms. The fraction of sp³-hybridized carbons (Fsp3) is 0.300. The molecule has 0 unspecified atom stereocenters. The van der Waals surface area contributed by atoms with Gasteiger partial charge in [0.2, 0.25) is 0 Å². The van der Waals surface area contributed by atoms with Crippen molar-refractivity contribution in [3.63, 3.8) is 0 Å². The fourth-order valence-corrected chi connectivity index (χ4v) is 3.44. The molecule has 1 atom stereocenters. The van der Waals surface area contributed by atoms with E-state index in [0.29, 0.717) is 23.5 Å². The molecular formula is C20H21NO4. The first-order valence-electron chi connectivity index (χ1n) is 8.24. The Morgan fingerprint density at radius 3 is 2.56 bits per heavy atom. The maximum Gasteiger partial charge on any atom is 0.337 e. The molecular weight excluding hydrogens is 318 g/mol. The van der Waals surface area contributed by atoms with Gasteiger partial charge in [0.25, 0.3) is 5.91 Å². The number of rotatable bonds is 4. The highest BCUT2D eigenvalue weighted by Crippen LogP contribution is 2.47. The number of nitrogens with one attached hydrogen (secondary N) is 1. The van der Waals surface area contributed by atoms with E-state index in [9.17, 15) is 9.59 Å². The molecule has 0 saturated carbocycles. The zero-order valence-electron chi connectivity index (χ0n) is 14.6. The summed E-state index contributed by atoms with van der Waals surface area (Å²) >= 11 is 0. The third-order valence-corrected chi connectivity index (χ3v) is 4.89. The van der Waals surface area contributed by atoms with Crippen LogP contribution in [-0.4, -0.2) is 32.6 Å². The molecule has 0 saturated heterocycles. The highest BCUT2D eigenvalue weighted by atomic mass is 16.5. The number of ether oxygens (including phenoxy) is 2. The van der Waals surface area contributed by atoms with Crippen molar-refractivity contribution in [3.8, 4) is 5.75 Å². The van der Waals surface area contributed by atoms with Gasteiger partial charge in [-0.05, 0) is 24.1 Å². The third kappa shape index (κ3) is 2.65. The second-order valence-corrected chi connectivity index (χ2v) is 6.06. The molecule has 1 amide bonds. The van der Waals surface area contributed by atoms with Crippen LogP contribution in [-0.2, 0) is 10.2 Å². The number of carbonyl (C=O) groups excluding carboxylic acids is 2. The average molecular weight is 339 g/mol. The molecule has 1 N–H and O–H groups in total. The first kappa shape index (κ1) is 17.0. The number of esters is 1. The van der Waals surface area contributed by atoms with Crippen molar-refractivity contribution in [2.45, 2.75) is 18.8 Å². The van der Waals surface area contributed by atoms with Crippen LogP contribution < -0.4 is 10.1 Å². The zero-order valence-corrected chi connectivity index (χ0v) is 14.6. The van der Waals surface area contributed by atoms with Crippen LogP contribution in [0.4, 0.5) is 0 Å². The Morgan fingerprint density at radius 2 is 1.96 bits per heavy atom. The maximum absolute atomic E-state index is 12.3. The molecule has 0 radical (unpaired) electrons. The topological polar surface area (TPSA) is 64.6 Å². The van der Waals surface area contributed by atoms with Crippen LogP contribution in [0.5, 0.6) is 5.75 Å². The molecule has 5 nitrogen and oxygen atoms in total. The predicted molar refractivity (Wildman–Crippen MR) is 94.2 cm³/mol. The van der Waals surface area contributed by atoms with Crippen molar-refractivity contribution < 1.29 is 19.1 Å². The van der Waals surface area contributed by atoms with E-state index in [1.54, 1.807) is 13.1 Å². The van der Waals surface area contributed by atoms with Crippen molar-refractivity contribution in [3.05, 3.63) is 64.7 Å². The number of amides is 1. The van der Waals surface area contributed by atoms with Gasteiger partial charge < -0.3 is 14.8 Å². The van der Waals surface area contributed by atoms with E-state index in [-0.39, 0.29) is 5.91 Å². The van der Waals surface area contributed by atoms with Crippen LogP contribution in [0.2, 0.25) is 0 Å². The minimum atomic E-state index is -0.474. The first-order chi connectivity index (χ1) is 12.1. The molecule has 0 fully saturated rings. The van der Waals surface area contributed by atoms with Crippen molar-refractivity contribution in [1.82, 2.24) is 5.32 Å². The minimum Gasteiger partial charge on any atom is -0.491 e. The van der Waals surface area contributed by atoms with Gasteiger partial charge in [0.1, 0.15) is 12.4 Å². The molecule has 1 aliphatic heterocycles. The third-order valence-electron chi connectivity index (χ3n) is 4.89. The van der Waals surface area contributed by atoms with Crippen LogP contribution >= 0.6 is 0 Å². The van der Waals surface area contributed by atoms with E-state index in [1.165, 1.54) is 13.2 Å². The Morgan fingerprint density at radius 1 is 1.24 bits per heavy atom. The molecule has 2 aromatic rings. The van der Waals surface area contributed by atoms with Gasteiger partial charge >= 0.3 is 5.97 Å². The summed E-state index contributed by atoms with van der Waals surface area (Å²) in [6.07, 6.45) is 0.780. The summed E-state index contributed by atoms with van der Waals surface area (Å²) in [5.74, 6) is -0.224. The Labute approximate surface area is 147 Å². The summed E-state index contributed by atoms with van der Waals surface area (Å²) in [5.41, 5.74) is 2.25. The average Bonchev–Trinajstić information content (AvgIpc) is 3.06. The van der Waals surface area contributed by atoms with Gasteiger partial charge in [0.05, 0.1) is 23.7 Å². The lowest BCUT2D eigenvalue weighted by molar-refractivity contribution is 0.0600. The van der Waals surface area contributed by atoms with Crippen molar-refractivity contribution >= 4 is 11.9 Å². The molecule has 1 aliphatic rings. The molecule has 130 valence electrons. The Kier molecular flexibility index (Phi) is 4.49. The fourth-order valence-electron chi connectivity index (χ4n) is 3.44. The summed E-state index contributed by atoms with van der Waals surface area (Å²) in [6.45, 7) is 2.51. The van der Waals surface area contributed by atoms with E-state index in [2.05, 4.69) is 12.2 Å². The monoisotopic (exact) mass is 339 g/mol. The number of fused-ring (bicyclic) bond motifs is 1. The molecule has 0 aliphatic carbocycles. The lowest BCUT2D eigenvalue weighted by Crippen LogP contribution is -2.28. The Hall–Kier alpha value is -2.82. The number of hydrogen-bond acceptors (Lipinski definition) is 4. The smallest absolute Gasteiger partial charge is 0.337 e. The van der Waals surface area contributed by atoms with Gasteiger partial charge in [0, 0.05) is 12.6 Å². The summed E-state index contributed by atoms with van der Waals surface area (Å²) in [5, 5.41) is 2.61. The van der Waals surface area contributed by atoms with Crippen molar-refractivity contribution in [2.75, 3.05) is 20.8 Å². The van der Waals surface area contributed by atoms with Crippen LogP contribution in [0, 0.1) is 0 Å². The molecule has 1 heterocycles. The zero-order chi connectivity index (χ0) is 18.0. The maximum atomic E-state index is 12.3. The Bertz CT molecular complexity index is 816. The summed E-state index contributed by atoms with van der Waals surface area (Å²) < 4.78 is 10.8. The largest absolute Gasteiger partial charge is 0.491 e. The highest BCUT2D eigenvalue weighted by molar-refractivity contribution is 6.01. The van der Waals surface area contributed by atoms with Gasteiger partial charge in [-0.15, -0.1) is 0 Å². The van der Waals surface area contributed by atoms with Gasteiger partial charge in [-0.3, -0.25) is 4.79 Å². The number of hydrogen-bond donors (Lipinski definition) is 1. The van der Waals surface area contributed by atoms with E-state index < -0.39 is 11.4 Å². The van der Waals surface area contributed by atoms with E-state index in [4.69, 9.17) is 9.47 Å². The van der Waals surface area contributed by atoms with Crippen LogP contribution in [0.15, 0.2) is 42.5 Å². The lowest BCUT2D eigenvalue weighted by atomic mass is 9.73. The molecule has 2 aromatic carbocycles. The predicted octanol–water partition coefficient (Wildman–Crippen LogP) is 2.92. The van der Waals surface area contributed by atoms with Crippen LogP contribution in [0.3, 0.4) is 0 Å². The van der Waals surface area contributed by atoms with Crippen LogP contribution in [0.1, 0.15) is 45.2 Å². The highest BCUT2D eigenvalue weighted by Gasteiger charge is 2.43. The quantitative estimate of drug-likeness (QED) is 0.870. The second kappa shape index (κ2) is 6.59. The Balaban J connectivity index is 2.27. The lowest BCUT2D eigenvalue weighted by Gasteiger charge is -2.27. The van der Waals surface area contributed by atoms with Gasteiger partial charge in [0.15, 0.2) is 0 Å². The molecule has 0 bridgehead atoms. The number of benzene rings is 2. The van der Waals surface area contributed by atoms with E-state index in [1.807, 2.05) is 30.3 Å². The molecule has 0 spiro atoms. The summed E-state index contributed by atoms with van der Waals surface area (Å²) in [7, 11) is 2.88. The van der Waals surface area contributed by atoms with Crippen molar-refractivity contribution in [1.29, 1.82) is 0 Å². The van der Waals surface area contributed by atoms with Gasteiger partial charge in [-0.2, -0.15) is 0 Å². The molecule has 5 heteroatoms. The van der Waals surface area contributed by atoms with E-state index in [0.717, 1.165) is 17.5 Å². The summed E-state index contributed by atoms with van der Waals surface area (Å²) in [4.78, 5) is 24.4. The number of carbonyl (C=O) groups is 2. The second-order valence-electron chi connectivity index (χ2n) is 6.06. The van der Waals surface area contributed by atoms with Crippen LogP contribution in [0.25, 0.3) is 0 Å². The van der Waals surface area contributed by atoms with Gasteiger partial charge in [-0.1, -0.05) is 37.3 Å². The molecule has 0 aromatic heterocycles. The van der Waals surface area contributed by atoms with E-state index >= 15 is 0 Å². The molecule has 3 rings (SSSR count). The first-order valence-corrected chi connectivity index (χ1v) is 8.24. The SMILES string of the molecule is CC[C@]1(c2ccccc2)COc2c(C(=O)NC)cc(C(=O)OC)cc21. The summed E-state index contributed by atoms with van der Waals surface area (Å²) in [6, 6.07) is 13.3. The number of methoxy groups -OCH3 is 1. The van der Waals surface area contributed by atoms with Crippen molar-refractivity contribution in [2.24, 2.45) is 0 Å².